The normalized spacial score (nSPS) is 14.2. The van der Waals surface area contributed by atoms with E-state index in [1.807, 2.05) is 0 Å². The van der Waals surface area contributed by atoms with Crippen molar-refractivity contribution in [1.29, 1.82) is 0 Å². The maximum Gasteiger partial charge on any atom is 0.416 e. The monoisotopic (exact) mass is 544 g/mol. The molecular weight excluding hydrogens is 526 g/mol. The zero-order valence-corrected chi connectivity index (χ0v) is 19.8. The highest BCUT2D eigenvalue weighted by Gasteiger charge is 2.38. The van der Waals surface area contributed by atoms with E-state index in [-0.39, 0.29) is 28.9 Å². The number of carbonyl (C=O) groups is 1. The van der Waals surface area contributed by atoms with Gasteiger partial charge in [-0.25, -0.2) is 17.1 Å². The molecular formula is C24H18F6N2O4S. The van der Waals surface area contributed by atoms with Crippen LogP contribution in [-0.2, 0) is 16.2 Å². The lowest BCUT2D eigenvalue weighted by atomic mass is 10.0. The number of rotatable bonds is 6. The lowest BCUT2D eigenvalue weighted by Gasteiger charge is -2.37. The molecule has 13 heteroatoms. The van der Waals surface area contributed by atoms with E-state index < -0.39 is 57.4 Å². The van der Waals surface area contributed by atoms with Crippen molar-refractivity contribution in [2.24, 2.45) is 0 Å². The van der Waals surface area contributed by atoms with Gasteiger partial charge in [0.2, 0.25) is 0 Å². The third kappa shape index (κ3) is 5.22. The first-order valence-electron chi connectivity index (χ1n) is 10.7. The lowest BCUT2D eigenvalue weighted by molar-refractivity contribution is -0.137. The minimum Gasteiger partial charge on any atom is -0.435 e. The molecule has 1 aliphatic heterocycles. The van der Waals surface area contributed by atoms with Crippen molar-refractivity contribution >= 4 is 21.6 Å². The number of fused-ring (bicyclic) bond motifs is 1. The van der Waals surface area contributed by atoms with Crippen LogP contribution in [0.4, 0.5) is 32.0 Å². The molecule has 1 heterocycles. The first kappa shape index (κ1) is 26.3. The van der Waals surface area contributed by atoms with Crippen LogP contribution < -0.4 is 9.04 Å². The topological polar surface area (TPSA) is 66.9 Å². The van der Waals surface area contributed by atoms with Crippen molar-refractivity contribution in [3.8, 4) is 16.9 Å². The Morgan fingerprint density at radius 2 is 1.73 bits per heavy atom. The third-order valence-electron chi connectivity index (χ3n) is 5.64. The van der Waals surface area contributed by atoms with Gasteiger partial charge in [-0.1, -0.05) is 12.1 Å². The third-order valence-corrected chi connectivity index (χ3v) is 7.39. The van der Waals surface area contributed by atoms with E-state index in [4.69, 9.17) is 0 Å². The van der Waals surface area contributed by atoms with E-state index in [0.29, 0.717) is 6.07 Å². The average Bonchev–Trinajstić information content (AvgIpc) is 2.82. The molecule has 196 valence electrons. The Morgan fingerprint density at radius 1 is 1.00 bits per heavy atom. The van der Waals surface area contributed by atoms with Crippen LogP contribution in [0, 0.1) is 5.82 Å². The molecule has 0 N–H and O–H groups in total. The molecule has 0 spiro atoms. The van der Waals surface area contributed by atoms with Crippen LogP contribution >= 0.6 is 0 Å². The fourth-order valence-electron chi connectivity index (χ4n) is 3.87. The first-order chi connectivity index (χ1) is 17.3. The van der Waals surface area contributed by atoms with E-state index in [9.17, 15) is 39.6 Å². The van der Waals surface area contributed by atoms with E-state index in [1.54, 1.807) is 6.92 Å². The molecule has 3 aromatic rings. The fourth-order valence-corrected chi connectivity index (χ4v) is 5.36. The van der Waals surface area contributed by atoms with Crippen molar-refractivity contribution < 1.29 is 44.3 Å². The smallest absolute Gasteiger partial charge is 0.416 e. The molecule has 0 saturated carbocycles. The van der Waals surface area contributed by atoms with Crippen molar-refractivity contribution in [3.05, 3.63) is 77.6 Å². The predicted molar refractivity (Wildman–Crippen MR) is 121 cm³/mol. The summed E-state index contributed by atoms with van der Waals surface area (Å²) in [7, 11) is -4.61. The average molecular weight is 544 g/mol. The highest BCUT2D eigenvalue weighted by atomic mass is 32.2. The summed E-state index contributed by atoms with van der Waals surface area (Å²) in [6.45, 7) is -2.01. The summed E-state index contributed by atoms with van der Waals surface area (Å²) in [5.41, 5.74) is -1.20. The molecule has 37 heavy (non-hydrogen) atoms. The van der Waals surface area contributed by atoms with Gasteiger partial charge >= 0.3 is 12.8 Å². The minimum absolute atomic E-state index is 0.0419. The standard InChI is InChI=1S/C24H18F6N2O4S/c1-2-31-13-32(37(34,35)19-5-3-4-16(11-19)24(28,29)30)21-10-14(6-7-20(21)22(31)33)15-8-17(25)12-18(9-15)36-23(26)27/h3-12,23H,2,13H2,1H3. The number of hydrogen-bond donors (Lipinski definition) is 0. The van der Waals surface area contributed by atoms with E-state index in [2.05, 4.69) is 4.74 Å². The van der Waals surface area contributed by atoms with Crippen molar-refractivity contribution in [3.63, 3.8) is 0 Å². The van der Waals surface area contributed by atoms with Crippen LogP contribution in [0.25, 0.3) is 11.1 Å². The second-order valence-corrected chi connectivity index (χ2v) is 9.83. The number of nitrogens with zero attached hydrogens (tertiary/aromatic N) is 2. The molecule has 6 nitrogen and oxygen atoms in total. The van der Waals surface area contributed by atoms with Crippen LogP contribution in [0.2, 0.25) is 0 Å². The van der Waals surface area contributed by atoms with Gasteiger partial charge in [0.05, 0.1) is 21.7 Å². The molecule has 0 bridgehead atoms. The zero-order valence-electron chi connectivity index (χ0n) is 19.0. The maximum absolute atomic E-state index is 14.1. The molecule has 3 aromatic carbocycles. The Hall–Kier alpha value is -3.74. The Kier molecular flexibility index (Phi) is 6.84. The number of carbonyl (C=O) groups excluding carboxylic acids is 1. The molecule has 0 aliphatic carbocycles. The predicted octanol–water partition coefficient (Wildman–Crippen LogP) is 5.74. The fraction of sp³-hybridized carbons (Fsp3) is 0.208. The largest absolute Gasteiger partial charge is 0.435 e. The lowest BCUT2D eigenvalue weighted by Crippen LogP contribution is -2.49. The van der Waals surface area contributed by atoms with E-state index in [0.717, 1.165) is 40.7 Å². The van der Waals surface area contributed by atoms with Crippen LogP contribution in [-0.4, -0.2) is 39.0 Å². The van der Waals surface area contributed by atoms with Gasteiger partial charge in [-0.05, 0) is 60.5 Å². The summed E-state index contributed by atoms with van der Waals surface area (Å²) in [5, 5.41) is 0. The highest BCUT2D eigenvalue weighted by Crippen LogP contribution is 2.38. The number of ether oxygens (including phenoxy) is 1. The van der Waals surface area contributed by atoms with Gasteiger partial charge in [0, 0.05) is 12.6 Å². The SMILES string of the molecule is CCN1CN(S(=O)(=O)c2cccc(C(F)(F)F)c2)c2cc(-c3cc(F)cc(OC(F)F)c3)ccc2C1=O. The Labute approximate surface area is 207 Å². The molecule has 1 amide bonds. The van der Waals surface area contributed by atoms with E-state index >= 15 is 0 Å². The summed E-state index contributed by atoms with van der Waals surface area (Å²) >= 11 is 0. The molecule has 0 atom stereocenters. The number of hydrogen-bond acceptors (Lipinski definition) is 4. The summed E-state index contributed by atoms with van der Waals surface area (Å²) in [6, 6.07) is 9.89. The van der Waals surface area contributed by atoms with Gasteiger partial charge in [0.15, 0.2) is 0 Å². The Balaban J connectivity index is 1.86. The summed E-state index contributed by atoms with van der Waals surface area (Å²) in [6.07, 6.45) is -4.79. The summed E-state index contributed by atoms with van der Waals surface area (Å²) in [4.78, 5) is 13.4. The van der Waals surface area contributed by atoms with Gasteiger partial charge in [0.25, 0.3) is 15.9 Å². The molecule has 0 aromatic heterocycles. The number of halogens is 6. The van der Waals surface area contributed by atoms with Gasteiger partial charge in [-0.3, -0.25) is 4.79 Å². The molecule has 0 unspecified atom stereocenters. The number of benzene rings is 3. The van der Waals surface area contributed by atoms with Crippen molar-refractivity contribution in [2.45, 2.75) is 24.6 Å². The van der Waals surface area contributed by atoms with Gasteiger partial charge in [0.1, 0.15) is 18.2 Å². The number of amides is 1. The molecule has 0 saturated heterocycles. The zero-order chi connectivity index (χ0) is 27.1. The number of anilines is 1. The Morgan fingerprint density at radius 3 is 2.38 bits per heavy atom. The van der Waals surface area contributed by atoms with E-state index in [1.165, 1.54) is 23.1 Å². The first-order valence-corrected chi connectivity index (χ1v) is 12.1. The van der Waals surface area contributed by atoms with Gasteiger partial charge in [-0.15, -0.1) is 0 Å². The van der Waals surface area contributed by atoms with Gasteiger partial charge in [-0.2, -0.15) is 22.0 Å². The molecule has 0 radical (unpaired) electrons. The second-order valence-electron chi connectivity index (χ2n) is 7.97. The number of alkyl halides is 5. The molecule has 1 aliphatic rings. The van der Waals surface area contributed by atoms with Crippen LogP contribution in [0.15, 0.2) is 65.6 Å². The molecule has 4 rings (SSSR count). The van der Waals surface area contributed by atoms with Crippen LogP contribution in [0.3, 0.4) is 0 Å². The Bertz CT molecular complexity index is 1460. The summed E-state index contributed by atoms with van der Waals surface area (Å²) in [5.74, 6) is -1.92. The maximum atomic E-state index is 14.1. The quantitative estimate of drug-likeness (QED) is 0.371. The second kappa shape index (κ2) is 9.61. The summed E-state index contributed by atoms with van der Waals surface area (Å²) < 4.78 is 111. The number of sulfonamides is 1. The van der Waals surface area contributed by atoms with Crippen LogP contribution in [0.1, 0.15) is 22.8 Å². The molecule has 0 fully saturated rings. The highest BCUT2D eigenvalue weighted by molar-refractivity contribution is 7.92. The minimum atomic E-state index is -4.79. The van der Waals surface area contributed by atoms with Crippen molar-refractivity contribution in [2.75, 3.05) is 17.5 Å². The van der Waals surface area contributed by atoms with Gasteiger partial charge < -0.3 is 9.64 Å². The van der Waals surface area contributed by atoms with Crippen LogP contribution in [0.5, 0.6) is 5.75 Å². The van der Waals surface area contributed by atoms with Crippen molar-refractivity contribution in [1.82, 2.24) is 4.90 Å².